The number of halogens is 1. The highest BCUT2D eigenvalue weighted by Gasteiger charge is 2.34. The molecule has 0 saturated carbocycles. The smallest absolute Gasteiger partial charge is 0.243 e. The summed E-state index contributed by atoms with van der Waals surface area (Å²) in [5, 5.41) is 4.04. The molecule has 1 aliphatic heterocycles. The van der Waals surface area contributed by atoms with Gasteiger partial charge >= 0.3 is 0 Å². The summed E-state index contributed by atoms with van der Waals surface area (Å²) < 4.78 is 42.5. The van der Waals surface area contributed by atoms with E-state index in [2.05, 4.69) is 5.10 Å². The Balaban J connectivity index is 1.96. The van der Waals surface area contributed by atoms with Gasteiger partial charge in [-0.15, -0.1) is 0 Å². The molecule has 0 unspecified atom stereocenters. The lowest BCUT2D eigenvalue weighted by atomic mass is 10.2. The number of rotatable bonds is 4. The summed E-state index contributed by atoms with van der Waals surface area (Å²) in [5.41, 5.74) is 6.75. The van der Waals surface area contributed by atoms with E-state index >= 15 is 0 Å². The van der Waals surface area contributed by atoms with Gasteiger partial charge in [-0.3, -0.25) is 0 Å². The molecule has 1 saturated heterocycles. The van der Waals surface area contributed by atoms with Crippen molar-refractivity contribution in [1.82, 2.24) is 14.1 Å². The second-order valence-electron chi connectivity index (χ2n) is 5.72. The molecule has 1 fully saturated rings. The Labute approximate surface area is 134 Å². The summed E-state index contributed by atoms with van der Waals surface area (Å²) in [5.74, 6) is -0.627. The van der Waals surface area contributed by atoms with Crippen LogP contribution >= 0.6 is 0 Å². The van der Waals surface area contributed by atoms with Crippen molar-refractivity contribution < 1.29 is 12.8 Å². The molecular weight excluding hydrogens is 319 g/mol. The molecule has 2 aromatic rings. The number of nitrogens with two attached hydrogens (primary N) is 1. The Hall–Kier alpha value is -1.77. The molecule has 124 valence electrons. The summed E-state index contributed by atoms with van der Waals surface area (Å²) in [6, 6.07) is 3.68. The first-order chi connectivity index (χ1) is 10.9. The van der Waals surface area contributed by atoms with Crippen LogP contribution in [-0.4, -0.2) is 41.6 Å². The van der Waals surface area contributed by atoms with E-state index in [0.717, 1.165) is 24.5 Å². The van der Waals surface area contributed by atoms with Gasteiger partial charge in [-0.25, -0.2) is 17.5 Å². The predicted octanol–water partition coefficient (Wildman–Crippen LogP) is 1.43. The highest BCUT2D eigenvalue weighted by molar-refractivity contribution is 7.89. The van der Waals surface area contributed by atoms with Crippen molar-refractivity contribution in [2.24, 2.45) is 5.73 Å². The number of nitrogens with zero attached hydrogens (tertiary/aromatic N) is 3. The standard InChI is InChI=1S/C15H19FN4O2S/c1-11-9-18-19(10-11)15-5-4-13(7-14(15)16)23(21,22)20-6-2-3-12(20)8-17/h4-5,7,9-10,12H,2-3,6,8,17H2,1H3/t12-/m1/s1. The minimum atomic E-state index is -3.73. The molecule has 23 heavy (non-hydrogen) atoms. The Morgan fingerprint density at radius 2 is 2.22 bits per heavy atom. The Bertz CT molecular complexity index is 819. The molecular formula is C15H19FN4O2S. The molecule has 1 atom stereocenters. The van der Waals surface area contributed by atoms with Gasteiger partial charge in [0.1, 0.15) is 11.5 Å². The van der Waals surface area contributed by atoms with Gasteiger partial charge in [-0.2, -0.15) is 9.40 Å². The topological polar surface area (TPSA) is 81.2 Å². The van der Waals surface area contributed by atoms with Gasteiger partial charge in [0.25, 0.3) is 0 Å². The van der Waals surface area contributed by atoms with Gasteiger partial charge < -0.3 is 5.73 Å². The molecule has 0 bridgehead atoms. The van der Waals surface area contributed by atoms with Gasteiger partial charge in [0.15, 0.2) is 0 Å². The van der Waals surface area contributed by atoms with Crippen LogP contribution in [-0.2, 0) is 10.0 Å². The lowest BCUT2D eigenvalue weighted by Gasteiger charge is -2.23. The van der Waals surface area contributed by atoms with E-state index in [1.54, 1.807) is 12.4 Å². The third-order valence-electron chi connectivity index (χ3n) is 4.08. The predicted molar refractivity (Wildman–Crippen MR) is 84.2 cm³/mol. The Morgan fingerprint density at radius 1 is 1.43 bits per heavy atom. The fraction of sp³-hybridized carbons (Fsp3) is 0.400. The van der Waals surface area contributed by atoms with Gasteiger partial charge in [-0.05, 0) is 43.5 Å². The van der Waals surface area contributed by atoms with Crippen LogP contribution in [0.2, 0.25) is 0 Å². The molecule has 1 aliphatic rings. The van der Waals surface area contributed by atoms with Crippen LogP contribution in [0.5, 0.6) is 0 Å². The number of sulfonamides is 1. The summed E-state index contributed by atoms with van der Waals surface area (Å²) in [6.07, 6.45) is 4.80. The quantitative estimate of drug-likeness (QED) is 0.914. The second-order valence-corrected chi connectivity index (χ2v) is 7.61. The van der Waals surface area contributed by atoms with Crippen molar-refractivity contribution in [2.75, 3.05) is 13.1 Å². The third kappa shape index (κ3) is 2.89. The van der Waals surface area contributed by atoms with E-state index in [1.807, 2.05) is 6.92 Å². The minimum Gasteiger partial charge on any atom is -0.329 e. The first-order valence-electron chi connectivity index (χ1n) is 7.46. The summed E-state index contributed by atoms with van der Waals surface area (Å²) in [4.78, 5) is -0.0528. The molecule has 0 spiro atoms. The first-order valence-corrected chi connectivity index (χ1v) is 8.90. The lowest BCUT2D eigenvalue weighted by Crippen LogP contribution is -2.39. The largest absolute Gasteiger partial charge is 0.329 e. The van der Waals surface area contributed by atoms with Crippen LogP contribution in [0.1, 0.15) is 18.4 Å². The highest BCUT2D eigenvalue weighted by Crippen LogP contribution is 2.27. The van der Waals surface area contributed by atoms with Gasteiger partial charge in [0, 0.05) is 25.3 Å². The van der Waals surface area contributed by atoms with Gasteiger partial charge in [-0.1, -0.05) is 0 Å². The number of aromatic nitrogens is 2. The maximum absolute atomic E-state index is 14.4. The molecule has 3 rings (SSSR count). The molecule has 1 aromatic heterocycles. The van der Waals surface area contributed by atoms with Crippen LogP contribution in [0.4, 0.5) is 4.39 Å². The fourth-order valence-corrected chi connectivity index (χ4v) is 4.59. The molecule has 6 nitrogen and oxygen atoms in total. The molecule has 2 N–H and O–H groups in total. The number of hydrogen-bond donors (Lipinski definition) is 1. The maximum atomic E-state index is 14.4. The third-order valence-corrected chi connectivity index (χ3v) is 6.03. The monoisotopic (exact) mass is 338 g/mol. The zero-order valence-electron chi connectivity index (χ0n) is 12.8. The molecule has 8 heteroatoms. The van der Waals surface area contributed by atoms with Crippen molar-refractivity contribution in [2.45, 2.75) is 30.7 Å². The summed E-state index contributed by atoms with van der Waals surface area (Å²) >= 11 is 0. The highest BCUT2D eigenvalue weighted by atomic mass is 32.2. The first kappa shape index (κ1) is 16.1. The van der Waals surface area contributed by atoms with E-state index in [0.29, 0.717) is 6.54 Å². The zero-order chi connectivity index (χ0) is 16.6. The number of aryl methyl sites for hydroxylation is 1. The van der Waals surface area contributed by atoms with Crippen molar-refractivity contribution in [3.05, 3.63) is 42.0 Å². The van der Waals surface area contributed by atoms with Crippen LogP contribution in [0.3, 0.4) is 0 Å². The van der Waals surface area contributed by atoms with Crippen LogP contribution in [0.25, 0.3) is 5.69 Å². The Kier molecular flexibility index (Phi) is 4.22. The normalized spacial score (nSPS) is 19.3. The van der Waals surface area contributed by atoms with Crippen molar-refractivity contribution >= 4 is 10.0 Å². The average Bonchev–Trinajstić information content (AvgIpc) is 3.15. The molecule has 1 aromatic carbocycles. The van der Waals surface area contributed by atoms with E-state index in [9.17, 15) is 12.8 Å². The van der Waals surface area contributed by atoms with E-state index < -0.39 is 15.8 Å². The molecule has 0 aliphatic carbocycles. The molecule has 2 heterocycles. The molecule has 0 amide bonds. The van der Waals surface area contributed by atoms with Gasteiger partial charge in [0.2, 0.25) is 10.0 Å². The summed E-state index contributed by atoms with van der Waals surface area (Å²) in [6.45, 7) is 2.54. The Morgan fingerprint density at radius 3 is 2.83 bits per heavy atom. The van der Waals surface area contributed by atoms with Crippen molar-refractivity contribution in [3.8, 4) is 5.69 Å². The van der Waals surface area contributed by atoms with E-state index in [1.165, 1.54) is 21.1 Å². The van der Waals surface area contributed by atoms with Crippen molar-refractivity contribution in [3.63, 3.8) is 0 Å². The SMILES string of the molecule is Cc1cnn(-c2ccc(S(=O)(=O)N3CCC[C@@H]3CN)cc2F)c1. The lowest BCUT2D eigenvalue weighted by molar-refractivity contribution is 0.392. The van der Waals surface area contributed by atoms with E-state index in [4.69, 9.17) is 5.73 Å². The maximum Gasteiger partial charge on any atom is 0.243 e. The van der Waals surface area contributed by atoms with Crippen LogP contribution in [0.15, 0.2) is 35.5 Å². The van der Waals surface area contributed by atoms with Crippen LogP contribution < -0.4 is 5.73 Å². The second kappa shape index (κ2) is 6.03. The van der Waals surface area contributed by atoms with Gasteiger partial charge in [0.05, 0.1) is 11.1 Å². The molecule has 0 radical (unpaired) electrons. The fourth-order valence-electron chi connectivity index (χ4n) is 2.88. The van der Waals surface area contributed by atoms with E-state index in [-0.39, 0.29) is 23.2 Å². The number of hydrogen-bond acceptors (Lipinski definition) is 4. The van der Waals surface area contributed by atoms with Crippen LogP contribution in [0, 0.1) is 12.7 Å². The van der Waals surface area contributed by atoms with Crippen molar-refractivity contribution in [1.29, 1.82) is 0 Å². The minimum absolute atomic E-state index is 0.0528. The number of benzene rings is 1. The average molecular weight is 338 g/mol. The summed E-state index contributed by atoms with van der Waals surface area (Å²) in [7, 11) is -3.73. The zero-order valence-corrected chi connectivity index (χ0v) is 13.6.